The highest BCUT2D eigenvalue weighted by Crippen LogP contribution is 2.31. The van der Waals surface area contributed by atoms with E-state index in [1.54, 1.807) is 6.20 Å². The molecule has 130 valence electrons. The summed E-state index contributed by atoms with van der Waals surface area (Å²) in [5, 5.41) is 4.16. The van der Waals surface area contributed by atoms with Gasteiger partial charge in [-0.05, 0) is 72.3 Å². The number of amides is 1. The third-order valence-electron chi connectivity index (χ3n) is 3.92. The second kappa shape index (κ2) is 7.40. The lowest BCUT2D eigenvalue weighted by Crippen LogP contribution is -2.24. The number of hydroxylamine groups is 1. The molecule has 0 radical (unpaired) electrons. The van der Waals surface area contributed by atoms with E-state index in [2.05, 4.69) is 44.4 Å². The smallest absolute Gasteiger partial charge is 0.279 e. The van der Waals surface area contributed by atoms with Crippen LogP contribution in [-0.4, -0.2) is 22.1 Å². The molecule has 0 aliphatic carbocycles. The number of aromatic nitrogens is 2. The fraction of sp³-hybridized carbons (Fsp3) is 0.222. The summed E-state index contributed by atoms with van der Waals surface area (Å²) in [5.74, 6) is 0.376. The second-order valence-corrected chi connectivity index (χ2v) is 6.85. The number of nitrogens with zero attached hydrogens (tertiary/aromatic N) is 2. The first-order chi connectivity index (χ1) is 12.0. The summed E-state index contributed by atoms with van der Waals surface area (Å²) in [6.07, 6.45) is 1.71. The van der Waals surface area contributed by atoms with Gasteiger partial charge in [0.25, 0.3) is 5.91 Å². The van der Waals surface area contributed by atoms with Gasteiger partial charge in [-0.3, -0.25) is 9.63 Å². The van der Waals surface area contributed by atoms with E-state index in [0.717, 1.165) is 25.9 Å². The van der Waals surface area contributed by atoms with Crippen molar-refractivity contribution < 1.29 is 9.63 Å². The van der Waals surface area contributed by atoms with Gasteiger partial charge >= 0.3 is 0 Å². The van der Waals surface area contributed by atoms with Crippen molar-refractivity contribution in [2.75, 3.05) is 11.9 Å². The number of benzene rings is 1. The van der Waals surface area contributed by atoms with Crippen molar-refractivity contribution in [2.24, 2.45) is 7.05 Å². The monoisotopic (exact) mass is 450 g/mol. The third-order valence-corrected chi connectivity index (χ3v) is 4.59. The average molecular weight is 450 g/mol. The zero-order chi connectivity index (χ0) is 18.0. The van der Waals surface area contributed by atoms with Crippen molar-refractivity contribution in [1.29, 1.82) is 0 Å². The van der Waals surface area contributed by atoms with Crippen LogP contribution in [0.15, 0.2) is 36.5 Å². The summed E-state index contributed by atoms with van der Waals surface area (Å²) in [6.45, 7) is 4.25. The summed E-state index contributed by atoms with van der Waals surface area (Å²) in [7, 11) is 1.89. The van der Waals surface area contributed by atoms with Gasteiger partial charge in [-0.1, -0.05) is 0 Å². The third kappa shape index (κ3) is 3.47. The molecule has 0 unspecified atom stereocenters. The molecule has 0 saturated carbocycles. The van der Waals surface area contributed by atoms with Crippen molar-refractivity contribution in [1.82, 2.24) is 15.0 Å². The molecule has 1 aromatic carbocycles. The van der Waals surface area contributed by atoms with E-state index >= 15 is 0 Å². The average Bonchev–Trinajstić information content (AvgIpc) is 2.88. The van der Waals surface area contributed by atoms with Crippen LogP contribution in [0.5, 0.6) is 0 Å². The molecule has 0 saturated heterocycles. The van der Waals surface area contributed by atoms with Gasteiger partial charge in [0.2, 0.25) is 0 Å². The Morgan fingerprint density at radius 3 is 2.88 bits per heavy atom. The number of hydrogen-bond acceptors (Lipinski definition) is 4. The summed E-state index contributed by atoms with van der Waals surface area (Å²) in [5.41, 5.74) is 5.77. The Labute approximate surface area is 159 Å². The molecule has 6 nitrogen and oxygen atoms in total. The van der Waals surface area contributed by atoms with Gasteiger partial charge < -0.3 is 9.88 Å². The lowest BCUT2D eigenvalue weighted by atomic mass is 10.1. The highest BCUT2D eigenvalue weighted by Gasteiger charge is 2.22. The molecule has 0 fully saturated rings. The Balaban J connectivity index is 2.12. The molecule has 2 heterocycles. The van der Waals surface area contributed by atoms with Crippen LogP contribution in [0.4, 0.5) is 11.5 Å². The second-order valence-electron chi connectivity index (χ2n) is 5.61. The van der Waals surface area contributed by atoms with Crippen LogP contribution in [-0.2, 0) is 11.9 Å². The van der Waals surface area contributed by atoms with E-state index in [1.807, 2.05) is 49.7 Å². The number of rotatable bonds is 5. The molecular formula is C18H19IN4O2. The van der Waals surface area contributed by atoms with Crippen LogP contribution in [0.3, 0.4) is 0 Å². The number of aryl methyl sites for hydroxylation is 2. The number of hydrogen-bond donors (Lipinski definition) is 2. The molecule has 2 aromatic heterocycles. The van der Waals surface area contributed by atoms with Crippen LogP contribution in [0.2, 0.25) is 0 Å². The Morgan fingerprint density at radius 1 is 1.36 bits per heavy atom. The van der Waals surface area contributed by atoms with Crippen LogP contribution in [0.1, 0.15) is 22.8 Å². The maximum Gasteiger partial charge on any atom is 0.279 e. The number of anilines is 2. The van der Waals surface area contributed by atoms with Crippen molar-refractivity contribution in [3.05, 3.63) is 51.2 Å². The molecule has 0 aliphatic heterocycles. The quantitative estimate of drug-likeness (QED) is 0.457. The van der Waals surface area contributed by atoms with Crippen molar-refractivity contribution >= 4 is 51.0 Å². The standard InChI is InChI=1S/C18H19IN4O2/c1-4-25-22-18(24)15-13-6-5-9-20-16(13)23(3)17(15)21-14-8-7-12(19)10-11(14)2/h5-10,21H,4H2,1-3H3,(H,22,24). The molecule has 0 bridgehead atoms. The van der Waals surface area contributed by atoms with Crippen molar-refractivity contribution in [3.8, 4) is 0 Å². The highest BCUT2D eigenvalue weighted by atomic mass is 127. The summed E-state index contributed by atoms with van der Waals surface area (Å²) < 4.78 is 3.04. The molecule has 0 spiro atoms. The highest BCUT2D eigenvalue weighted by molar-refractivity contribution is 14.1. The maximum absolute atomic E-state index is 12.7. The molecule has 7 heteroatoms. The van der Waals surface area contributed by atoms with Crippen LogP contribution in [0, 0.1) is 10.5 Å². The predicted octanol–water partition coefficient (Wildman–Crippen LogP) is 3.91. The molecule has 0 aliphatic rings. The Bertz CT molecular complexity index is 936. The molecule has 3 aromatic rings. The Kier molecular flexibility index (Phi) is 5.24. The van der Waals surface area contributed by atoms with E-state index in [4.69, 9.17) is 4.84 Å². The van der Waals surface area contributed by atoms with Crippen LogP contribution in [0.25, 0.3) is 11.0 Å². The largest absolute Gasteiger partial charge is 0.341 e. The first-order valence-corrected chi connectivity index (χ1v) is 8.99. The van der Waals surface area contributed by atoms with Gasteiger partial charge in [0.15, 0.2) is 0 Å². The Hall–Kier alpha value is -2.13. The Morgan fingerprint density at radius 2 is 2.16 bits per heavy atom. The van der Waals surface area contributed by atoms with Gasteiger partial charge in [-0.15, -0.1) is 0 Å². The maximum atomic E-state index is 12.7. The topological polar surface area (TPSA) is 68.2 Å². The van der Waals surface area contributed by atoms with E-state index in [-0.39, 0.29) is 5.91 Å². The van der Waals surface area contributed by atoms with Crippen molar-refractivity contribution in [2.45, 2.75) is 13.8 Å². The van der Waals surface area contributed by atoms with Gasteiger partial charge in [0.1, 0.15) is 11.5 Å². The van der Waals surface area contributed by atoms with Gasteiger partial charge in [-0.25, -0.2) is 10.5 Å². The van der Waals surface area contributed by atoms with Gasteiger partial charge in [-0.2, -0.15) is 0 Å². The first-order valence-electron chi connectivity index (χ1n) is 7.91. The minimum atomic E-state index is -0.300. The SMILES string of the molecule is CCONC(=O)c1c(Nc2ccc(I)cc2C)n(C)c2ncccc12. The number of carbonyl (C=O) groups excluding carboxylic acids is 1. The zero-order valence-corrected chi connectivity index (χ0v) is 16.4. The van der Waals surface area contributed by atoms with E-state index in [0.29, 0.717) is 18.0 Å². The van der Waals surface area contributed by atoms with Gasteiger partial charge in [0, 0.05) is 27.9 Å². The first kappa shape index (κ1) is 17.7. The fourth-order valence-electron chi connectivity index (χ4n) is 2.72. The predicted molar refractivity (Wildman–Crippen MR) is 107 cm³/mol. The number of nitrogens with one attached hydrogen (secondary N) is 2. The van der Waals surface area contributed by atoms with E-state index < -0.39 is 0 Å². The van der Waals surface area contributed by atoms with Crippen LogP contribution < -0.4 is 10.8 Å². The minimum Gasteiger partial charge on any atom is -0.341 e. The molecule has 3 rings (SSSR count). The number of fused-ring (bicyclic) bond motifs is 1. The van der Waals surface area contributed by atoms with E-state index in [1.165, 1.54) is 0 Å². The van der Waals surface area contributed by atoms with Gasteiger partial charge in [0.05, 0.1) is 12.2 Å². The zero-order valence-electron chi connectivity index (χ0n) is 14.3. The van der Waals surface area contributed by atoms with E-state index in [9.17, 15) is 4.79 Å². The lowest BCUT2D eigenvalue weighted by molar-refractivity contribution is 0.0367. The fourth-order valence-corrected chi connectivity index (χ4v) is 3.37. The molecule has 0 atom stereocenters. The summed E-state index contributed by atoms with van der Waals surface area (Å²) >= 11 is 2.28. The lowest BCUT2D eigenvalue weighted by Gasteiger charge is -2.13. The van der Waals surface area contributed by atoms with Crippen LogP contribution >= 0.6 is 22.6 Å². The van der Waals surface area contributed by atoms with Crippen molar-refractivity contribution in [3.63, 3.8) is 0 Å². The number of pyridine rings is 1. The normalized spacial score (nSPS) is 10.9. The number of halogens is 1. The molecule has 25 heavy (non-hydrogen) atoms. The molecule has 1 amide bonds. The minimum absolute atomic E-state index is 0.300. The molecular weight excluding hydrogens is 431 g/mol. The summed E-state index contributed by atoms with van der Waals surface area (Å²) in [6, 6.07) is 9.82. The number of carbonyl (C=O) groups is 1. The summed E-state index contributed by atoms with van der Waals surface area (Å²) in [4.78, 5) is 22.2. The molecule has 2 N–H and O–H groups in total.